The van der Waals surface area contributed by atoms with Crippen LogP contribution < -0.4 is 4.90 Å². The van der Waals surface area contributed by atoms with E-state index in [1.165, 1.54) is 25.7 Å². The van der Waals surface area contributed by atoms with Gasteiger partial charge in [0.1, 0.15) is 12.1 Å². The highest BCUT2D eigenvalue weighted by molar-refractivity contribution is 5.89. The van der Waals surface area contributed by atoms with Crippen LogP contribution in [0.5, 0.6) is 0 Å². The standard InChI is InChI=1S/C14H21N5/c1-4-11-7-5-6-8-19(11)14-12-10(2)17-18(3)13(12)15-9-16-14/h9,11H,4-8H2,1-3H3. The van der Waals surface area contributed by atoms with Crippen molar-refractivity contribution in [3.05, 3.63) is 12.0 Å². The number of rotatable bonds is 2. The second kappa shape index (κ2) is 4.79. The van der Waals surface area contributed by atoms with Crippen molar-refractivity contribution in [2.75, 3.05) is 11.4 Å². The van der Waals surface area contributed by atoms with Crippen LogP contribution in [0.1, 0.15) is 38.3 Å². The van der Waals surface area contributed by atoms with E-state index in [2.05, 4.69) is 26.9 Å². The summed E-state index contributed by atoms with van der Waals surface area (Å²) in [5.74, 6) is 1.07. The first-order valence-electron chi connectivity index (χ1n) is 7.13. The van der Waals surface area contributed by atoms with Gasteiger partial charge in [0.05, 0.1) is 11.1 Å². The molecule has 5 heteroatoms. The summed E-state index contributed by atoms with van der Waals surface area (Å²) >= 11 is 0. The molecule has 0 aromatic carbocycles. The maximum atomic E-state index is 4.56. The zero-order chi connectivity index (χ0) is 13.4. The van der Waals surface area contributed by atoms with Crippen LogP contribution in [0.25, 0.3) is 11.0 Å². The minimum Gasteiger partial charge on any atom is -0.353 e. The van der Waals surface area contributed by atoms with Crippen molar-refractivity contribution in [1.29, 1.82) is 0 Å². The van der Waals surface area contributed by atoms with E-state index >= 15 is 0 Å². The van der Waals surface area contributed by atoms with Crippen molar-refractivity contribution >= 4 is 16.9 Å². The van der Waals surface area contributed by atoms with Gasteiger partial charge in [-0.3, -0.25) is 4.68 Å². The number of aromatic nitrogens is 4. The number of piperidine rings is 1. The summed E-state index contributed by atoms with van der Waals surface area (Å²) in [5.41, 5.74) is 1.96. The molecule has 3 heterocycles. The summed E-state index contributed by atoms with van der Waals surface area (Å²) in [6.07, 6.45) is 6.68. The van der Waals surface area contributed by atoms with Crippen molar-refractivity contribution in [2.45, 2.75) is 45.6 Å². The average molecular weight is 259 g/mol. The Hall–Kier alpha value is -1.65. The van der Waals surface area contributed by atoms with Gasteiger partial charge >= 0.3 is 0 Å². The molecule has 0 saturated carbocycles. The van der Waals surface area contributed by atoms with Gasteiger partial charge in [0.25, 0.3) is 0 Å². The molecule has 1 aliphatic heterocycles. The summed E-state index contributed by atoms with van der Waals surface area (Å²) in [6, 6.07) is 0.603. The molecule has 0 amide bonds. The molecule has 0 spiro atoms. The molecule has 3 rings (SSSR count). The van der Waals surface area contributed by atoms with E-state index in [-0.39, 0.29) is 0 Å². The van der Waals surface area contributed by atoms with Gasteiger partial charge in [-0.15, -0.1) is 0 Å². The third kappa shape index (κ3) is 1.97. The molecule has 2 aromatic rings. The van der Waals surface area contributed by atoms with Gasteiger partial charge in [0.2, 0.25) is 0 Å². The number of hydrogen-bond acceptors (Lipinski definition) is 4. The van der Waals surface area contributed by atoms with Crippen LogP contribution in [0.15, 0.2) is 6.33 Å². The van der Waals surface area contributed by atoms with Gasteiger partial charge in [0.15, 0.2) is 5.65 Å². The number of aryl methyl sites for hydroxylation is 2. The third-order valence-corrected chi connectivity index (χ3v) is 4.15. The highest BCUT2D eigenvalue weighted by Gasteiger charge is 2.25. The predicted octanol–water partition coefficient (Wildman–Crippen LogP) is 2.44. The molecule has 5 nitrogen and oxygen atoms in total. The average Bonchev–Trinajstić information content (AvgIpc) is 2.74. The highest BCUT2D eigenvalue weighted by atomic mass is 15.3. The fraction of sp³-hybridized carbons (Fsp3) is 0.643. The maximum Gasteiger partial charge on any atom is 0.163 e. The van der Waals surface area contributed by atoms with Gasteiger partial charge < -0.3 is 4.90 Å². The molecule has 19 heavy (non-hydrogen) atoms. The Morgan fingerprint density at radius 3 is 2.95 bits per heavy atom. The van der Waals surface area contributed by atoms with Crippen LogP contribution in [0.4, 0.5) is 5.82 Å². The summed E-state index contributed by atoms with van der Waals surface area (Å²) in [7, 11) is 1.94. The molecule has 1 saturated heterocycles. The van der Waals surface area contributed by atoms with Crippen LogP contribution in [0.2, 0.25) is 0 Å². The Morgan fingerprint density at radius 2 is 2.16 bits per heavy atom. The van der Waals surface area contributed by atoms with Gasteiger partial charge in [-0.25, -0.2) is 9.97 Å². The molecule has 0 aliphatic carbocycles. The number of hydrogen-bond donors (Lipinski definition) is 0. The lowest BCUT2D eigenvalue weighted by molar-refractivity contribution is 0.447. The summed E-state index contributed by atoms with van der Waals surface area (Å²) in [5, 5.41) is 5.60. The smallest absolute Gasteiger partial charge is 0.163 e. The fourth-order valence-corrected chi connectivity index (χ4v) is 3.18. The first kappa shape index (κ1) is 12.4. The van der Waals surface area contributed by atoms with Crippen molar-refractivity contribution in [3.63, 3.8) is 0 Å². The van der Waals surface area contributed by atoms with E-state index in [1.54, 1.807) is 6.33 Å². The summed E-state index contributed by atoms with van der Waals surface area (Å²) in [4.78, 5) is 11.4. The van der Waals surface area contributed by atoms with Crippen molar-refractivity contribution in [2.24, 2.45) is 7.05 Å². The molecule has 1 atom stereocenters. The molecule has 0 radical (unpaired) electrons. The van der Waals surface area contributed by atoms with Crippen LogP contribution in [0, 0.1) is 6.92 Å². The molecule has 1 fully saturated rings. The predicted molar refractivity (Wildman–Crippen MR) is 76.3 cm³/mol. The Labute approximate surface area is 113 Å². The first-order chi connectivity index (χ1) is 9.22. The Balaban J connectivity index is 2.13. The Morgan fingerprint density at radius 1 is 1.32 bits per heavy atom. The minimum atomic E-state index is 0.603. The molecular weight excluding hydrogens is 238 g/mol. The largest absolute Gasteiger partial charge is 0.353 e. The molecule has 0 N–H and O–H groups in total. The summed E-state index contributed by atoms with van der Waals surface area (Å²) in [6.45, 7) is 5.40. The second-order valence-corrected chi connectivity index (χ2v) is 5.36. The van der Waals surface area contributed by atoms with E-state index in [0.717, 1.165) is 29.1 Å². The zero-order valence-corrected chi connectivity index (χ0v) is 11.9. The third-order valence-electron chi connectivity index (χ3n) is 4.15. The van der Waals surface area contributed by atoms with Gasteiger partial charge in [-0.2, -0.15) is 5.10 Å². The van der Waals surface area contributed by atoms with Crippen molar-refractivity contribution in [3.8, 4) is 0 Å². The molecule has 102 valence electrons. The second-order valence-electron chi connectivity index (χ2n) is 5.36. The maximum absolute atomic E-state index is 4.56. The topological polar surface area (TPSA) is 46.8 Å². The molecule has 1 aliphatic rings. The molecule has 2 aromatic heterocycles. The Kier molecular flexibility index (Phi) is 3.12. The van der Waals surface area contributed by atoms with Crippen LogP contribution in [0.3, 0.4) is 0 Å². The first-order valence-corrected chi connectivity index (χ1v) is 7.13. The van der Waals surface area contributed by atoms with E-state index in [0.29, 0.717) is 6.04 Å². The SMILES string of the molecule is CCC1CCCCN1c1ncnc2c1c(C)nn2C. The molecular formula is C14H21N5. The number of nitrogens with zero attached hydrogens (tertiary/aromatic N) is 5. The van der Waals surface area contributed by atoms with E-state index in [9.17, 15) is 0 Å². The number of fused-ring (bicyclic) bond motifs is 1. The number of anilines is 1. The lowest BCUT2D eigenvalue weighted by Crippen LogP contribution is -2.39. The van der Waals surface area contributed by atoms with Gasteiger partial charge in [-0.05, 0) is 32.6 Å². The van der Waals surface area contributed by atoms with Crippen LogP contribution in [-0.4, -0.2) is 32.3 Å². The van der Waals surface area contributed by atoms with Gasteiger partial charge in [-0.1, -0.05) is 6.92 Å². The van der Waals surface area contributed by atoms with Crippen molar-refractivity contribution < 1.29 is 0 Å². The molecule has 0 bridgehead atoms. The summed E-state index contributed by atoms with van der Waals surface area (Å²) < 4.78 is 1.85. The van der Waals surface area contributed by atoms with E-state index in [1.807, 2.05) is 18.7 Å². The molecule has 1 unspecified atom stereocenters. The normalized spacial score (nSPS) is 20.2. The minimum absolute atomic E-state index is 0.603. The lowest BCUT2D eigenvalue weighted by atomic mass is 9.99. The van der Waals surface area contributed by atoms with E-state index in [4.69, 9.17) is 0 Å². The van der Waals surface area contributed by atoms with Crippen LogP contribution in [-0.2, 0) is 7.05 Å². The monoisotopic (exact) mass is 259 g/mol. The fourth-order valence-electron chi connectivity index (χ4n) is 3.18. The zero-order valence-electron chi connectivity index (χ0n) is 11.9. The highest BCUT2D eigenvalue weighted by Crippen LogP contribution is 2.31. The van der Waals surface area contributed by atoms with E-state index < -0.39 is 0 Å². The quantitative estimate of drug-likeness (QED) is 0.831. The van der Waals surface area contributed by atoms with Gasteiger partial charge in [0, 0.05) is 19.6 Å². The van der Waals surface area contributed by atoms with Crippen LogP contribution >= 0.6 is 0 Å². The Bertz CT molecular complexity index is 589. The lowest BCUT2D eigenvalue weighted by Gasteiger charge is -2.36. The van der Waals surface area contributed by atoms with Crippen molar-refractivity contribution in [1.82, 2.24) is 19.7 Å².